The zero-order chi connectivity index (χ0) is 11.3. The normalized spacial score (nSPS) is 9.33. The summed E-state index contributed by atoms with van der Waals surface area (Å²) in [5, 5.41) is 8.43. The maximum atomic E-state index is 11.3. The van der Waals surface area contributed by atoms with Crippen LogP contribution in [0.15, 0.2) is 42.5 Å². The van der Waals surface area contributed by atoms with E-state index in [4.69, 9.17) is 9.84 Å². The number of carbonyl (C=O) groups is 2. The Morgan fingerprint density at radius 1 is 1.27 bits per heavy atom. The molecule has 1 aromatic carbocycles. The number of hydrogen-bond acceptors (Lipinski definition) is 3. The topological polar surface area (TPSA) is 63.6 Å². The first-order valence-electron chi connectivity index (χ1n) is 4.26. The predicted molar refractivity (Wildman–Crippen MR) is 53.5 cm³/mol. The summed E-state index contributed by atoms with van der Waals surface area (Å²) in [6, 6.07) is 8.41. The molecule has 0 aliphatic rings. The van der Waals surface area contributed by atoms with Gasteiger partial charge in [0.1, 0.15) is 5.75 Å². The summed E-state index contributed by atoms with van der Waals surface area (Å²) >= 11 is 0. The van der Waals surface area contributed by atoms with Gasteiger partial charge in [-0.1, -0.05) is 24.8 Å². The first-order valence-corrected chi connectivity index (χ1v) is 4.26. The molecule has 0 radical (unpaired) electrons. The van der Waals surface area contributed by atoms with Gasteiger partial charge in [-0.3, -0.25) is 4.79 Å². The highest BCUT2D eigenvalue weighted by Crippen LogP contribution is 2.11. The lowest BCUT2D eigenvalue weighted by Crippen LogP contribution is -2.13. The summed E-state index contributed by atoms with van der Waals surface area (Å²) < 4.78 is 4.88. The van der Waals surface area contributed by atoms with Crippen molar-refractivity contribution in [3.05, 3.63) is 42.5 Å². The van der Waals surface area contributed by atoms with Crippen molar-refractivity contribution in [2.75, 3.05) is 0 Å². The molecular weight excluding hydrogens is 196 g/mol. The second-order valence-electron chi connectivity index (χ2n) is 2.88. The van der Waals surface area contributed by atoms with E-state index in [0.29, 0.717) is 5.75 Å². The summed E-state index contributed by atoms with van der Waals surface area (Å²) in [5.41, 5.74) is -0.0775. The van der Waals surface area contributed by atoms with Gasteiger partial charge in [0.15, 0.2) is 0 Å². The highest BCUT2D eigenvalue weighted by atomic mass is 16.5. The van der Waals surface area contributed by atoms with Crippen molar-refractivity contribution in [2.24, 2.45) is 0 Å². The van der Waals surface area contributed by atoms with Gasteiger partial charge >= 0.3 is 11.9 Å². The van der Waals surface area contributed by atoms with Crippen LogP contribution in [0.5, 0.6) is 5.75 Å². The number of para-hydroxylation sites is 1. The molecule has 0 saturated heterocycles. The Balaban J connectivity index is 2.56. The zero-order valence-electron chi connectivity index (χ0n) is 7.97. The highest BCUT2D eigenvalue weighted by molar-refractivity contribution is 5.94. The third-order valence-electron chi connectivity index (χ3n) is 1.61. The molecule has 0 atom stereocenters. The third-order valence-corrected chi connectivity index (χ3v) is 1.61. The number of aliphatic carboxylic acids is 1. The Morgan fingerprint density at radius 3 is 2.40 bits per heavy atom. The van der Waals surface area contributed by atoms with E-state index in [0.717, 1.165) is 0 Å². The maximum Gasteiger partial charge on any atom is 0.339 e. The van der Waals surface area contributed by atoms with E-state index in [1.807, 2.05) is 0 Å². The lowest BCUT2D eigenvalue weighted by molar-refractivity contribution is -0.138. The number of carbonyl (C=O) groups excluding carboxylic acids is 1. The maximum absolute atomic E-state index is 11.3. The number of rotatable bonds is 4. The van der Waals surface area contributed by atoms with Crippen LogP contribution in [-0.2, 0) is 9.59 Å². The van der Waals surface area contributed by atoms with Crippen LogP contribution in [0.3, 0.4) is 0 Å². The van der Waals surface area contributed by atoms with Crippen molar-refractivity contribution in [3.8, 4) is 5.75 Å². The van der Waals surface area contributed by atoms with Crippen LogP contribution in [0.25, 0.3) is 0 Å². The summed E-state index contributed by atoms with van der Waals surface area (Å²) in [6.07, 6.45) is -0.411. The van der Waals surface area contributed by atoms with Gasteiger partial charge in [0.25, 0.3) is 0 Å². The molecule has 4 heteroatoms. The van der Waals surface area contributed by atoms with E-state index in [-0.39, 0.29) is 5.57 Å². The smallest absolute Gasteiger partial charge is 0.339 e. The first kappa shape index (κ1) is 11.0. The van der Waals surface area contributed by atoms with Crippen LogP contribution >= 0.6 is 0 Å². The minimum Gasteiger partial charge on any atom is -0.481 e. The average Bonchev–Trinajstić information content (AvgIpc) is 2.18. The molecule has 0 unspecified atom stereocenters. The molecule has 0 aliphatic carbocycles. The highest BCUT2D eigenvalue weighted by Gasteiger charge is 2.12. The quantitative estimate of drug-likeness (QED) is 0.462. The molecule has 0 amide bonds. The van der Waals surface area contributed by atoms with Gasteiger partial charge in [0.2, 0.25) is 0 Å². The molecule has 0 bridgehead atoms. The number of carboxylic acid groups (broad SMARTS) is 1. The third kappa shape index (κ3) is 3.64. The van der Waals surface area contributed by atoms with E-state index in [2.05, 4.69) is 6.58 Å². The number of benzene rings is 1. The fraction of sp³-hybridized carbons (Fsp3) is 0.0909. The van der Waals surface area contributed by atoms with Crippen LogP contribution in [0.4, 0.5) is 0 Å². The van der Waals surface area contributed by atoms with E-state index in [9.17, 15) is 9.59 Å². The van der Waals surface area contributed by atoms with Gasteiger partial charge < -0.3 is 9.84 Å². The second-order valence-corrected chi connectivity index (χ2v) is 2.88. The SMILES string of the molecule is C=C(CC(=O)O)C(=O)Oc1ccccc1. The van der Waals surface area contributed by atoms with Crippen LogP contribution in [-0.4, -0.2) is 17.0 Å². The molecule has 1 aromatic rings. The van der Waals surface area contributed by atoms with Crippen LogP contribution in [0, 0.1) is 0 Å². The number of carboxylic acids is 1. The molecule has 0 heterocycles. The molecule has 4 nitrogen and oxygen atoms in total. The molecule has 1 rings (SSSR count). The van der Waals surface area contributed by atoms with E-state index >= 15 is 0 Å². The molecule has 1 N–H and O–H groups in total. The van der Waals surface area contributed by atoms with Crippen LogP contribution < -0.4 is 4.74 Å². The fourth-order valence-electron chi connectivity index (χ4n) is 0.922. The Bertz CT molecular complexity index is 381. The molecule has 0 spiro atoms. The lowest BCUT2D eigenvalue weighted by atomic mass is 10.2. The average molecular weight is 206 g/mol. The van der Waals surface area contributed by atoms with E-state index in [1.54, 1.807) is 30.3 Å². The first-order chi connectivity index (χ1) is 7.09. The molecule has 0 fully saturated rings. The standard InChI is InChI=1S/C11H10O4/c1-8(7-10(12)13)11(14)15-9-5-3-2-4-6-9/h2-6H,1,7H2,(H,12,13). The summed E-state index contributed by atoms with van der Waals surface area (Å²) in [6.45, 7) is 3.34. The van der Waals surface area contributed by atoms with Gasteiger partial charge in [-0.05, 0) is 12.1 Å². The molecule has 78 valence electrons. The molecule has 15 heavy (non-hydrogen) atoms. The van der Waals surface area contributed by atoms with Gasteiger partial charge in [-0.2, -0.15) is 0 Å². The minimum absolute atomic E-state index is 0.0775. The number of hydrogen-bond donors (Lipinski definition) is 1. The van der Waals surface area contributed by atoms with Gasteiger partial charge in [0, 0.05) is 5.57 Å². The van der Waals surface area contributed by atoms with Gasteiger partial charge in [0.05, 0.1) is 6.42 Å². The largest absolute Gasteiger partial charge is 0.481 e. The molecule has 0 aromatic heterocycles. The fourth-order valence-corrected chi connectivity index (χ4v) is 0.922. The summed E-state index contributed by atoms with van der Waals surface area (Å²) in [4.78, 5) is 21.6. The van der Waals surface area contributed by atoms with Gasteiger partial charge in [-0.25, -0.2) is 4.79 Å². The zero-order valence-corrected chi connectivity index (χ0v) is 7.97. The van der Waals surface area contributed by atoms with E-state index < -0.39 is 18.4 Å². The van der Waals surface area contributed by atoms with Crippen molar-refractivity contribution >= 4 is 11.9 Å². The van der Waals surface area contributed by atoms with Gasteiger partial charge in [-0.15, -0.1) is 0 Å². The Labute approximate surface area is 86.8 Å². The lowest BCUT2D eigenvalue weighted by Gasteiger charge is -2.04. The molecule has 0 aliphatic heterocycles. The second kappa shape index (κ2) is 4.95. The number of ether oxygens (including phenoxy) is 1. The minimum atomic E-state index is -1.11. The Morgan fingerprint density at radius 2 is 1.87 bits per heavy atom. The summed E-state index contributed by atoms with van der Waals surface area (Å²) in [7, 11) is 0. The Hall–Kier alpha value is -2.10. The summed E-state index contributed by atoms with van der Waals surface area (Å²) in [5.74, 6) is -1.46. The van der Waals surface area contributed by atoms with Crippen LogP contribution in [0.2, 0.25) is 0 Å². The van der Waals surface area contributed by atoms with Crippen molar-refractivity contribution in [1.29, 1.82) is 0 Å². The van der Waals surface area contributed by atoms with Crippen LogP contribution in [0.1, 0.15) is 6.42 Å². The number of esters is 1. The van der Waals surface area contributed by atoms with E-state index in [1.165, 1.54) is 0 Å². The Kier molecular flexibility index (Phi) is 3.62. The van der Waals surface area contributed by atoms with Crippen molar-refractivity contribution < 1.29 is 19.4 Å². The van der Waals surface area contributed by atoms with Crippen molar-refractivity contribution in [2.45, 2.75) is 6.42 Å². The molecular formula is C11H10O4. The van der Waals surface area contributed by atoms with Crippen molar-refractivity contribution in [1.82, 2.24) is 0 Å². The van der Waals surface area contributed by atoms with Crippen molar-refractivity contribution in [3.63, 3.8) is 0 Å². The molecule has 0 saturated carbocycles. The predicted octanol–water partition coefficient (Wildman–Crippen LogP) is 1.62. The monoisotopic (exact) mass is 206 g/mol.